The molecule has 16 nitrogen and oxygen atoms in total. The lowest BCUT2D eigenvalue weighted by molar-refractivity contribution is -0.386. The summed E-state index contributed by atoms with van der Waals surface area (Å²) in [7, 11) is -4.63. The number of piperazine rings is 1. The number of carbonyl (C=O) groups excluding carboxylic acids is 2. The number of pyridine rings is 1. The highest BCUT2D eigenvalue weighted by atomic mass is 35.5. The van der Waals surface area contributed by atoms with Gasteiger partial charge in [0.1, 0.15) is 23.3 Å². The van der Waals surface area contributed by atoms with E-state index in [0.29, 0.717) is 63.6 Å². The molecule has 10 rings (SSSR count). The van der Waals surface area contributed by atoms with Gasteiger partial charge < -0.3 is 29.0 Å². The van der Waals surface area contributed by atoms with Gasteiger partial charge >= 0.3 is 5.69 Å². The van der Waals surface area contributed by atoms with Crippen molar-refractivity contribution in [1.82, 2.24) is 24.5 Å². The van der Waals surface area contributed by atoms with Crippen LogP contribution in [0.2, 0.25) is 5.02 Å². The van der Waals surface area contributed by atoms with E-state index in [-0.39, 0.29) is 45.8 Å². The molecule has 2 N–H and O–H groups in total. The number of aromatic amines is 1. The number of fused-ring (bicyclic) bond motifs is 1. The van der Waals surface area contributed by atoms with Gasteiger partial charge in [-0.2, -0.15) is 0 Å². The lowest BCUT2D eigenvalue weighted by Crippen LogP contribution is -2.66. The summed E-state index contributed by atoms with van der Waals surface area (Å²) in [5, 5.41) is 13.8. The molecule has 18 heteroatoms. The monoisotopic (exact) mass is 977 g/mol. The number of amides is 2. The minimum Gasteiger partial charge on any atom is -0.483 e. The normalized spacial score (nSPS) is 19.8. The molecule has 5 aliphatic rings. The summed E-state index contributed by atoms with van der Waals surface area (Å²) in [6.07, 6.45) is 8.81. The van der Waals surface area contributed by atoms with Gasteiger partial charge in [-0.3, -0.25) is 24.6 Å². The number of carbonyl (C=O) groups is 2. The number of nitrogens with zero attached hydrogens (tertiary/aromatic N) is 5. The number of nitro groups is 1. The van der Waals surface area contributed by atoms with Crippen LogP contribution in [0, 0.1) is 26.9 Å². The molecule has 362 valence electrons. The van der Waals surface area contributed by atoms with Gasteiger partial charge in [-0.05, 0) is 110 Å². The lowest BCUT2D eigenvalue weighted by atomic mass is 9.61. The van der Waals surface area contributed by atoms with Crippen LogP contribution in [0.4, 0.5) is 11.4 Å². The van der Waals surface area contributed by atoms with Crippen molar-refractivity contribution in [3.8, 4) is 17.2 Å². The van der Waals surface area contributed by atoms with Crippen LogP contribution in [0.5, 0.6) is 17.2 Å². The Morgan fingerprint density at radius 2 is 1.72 bits per heavy atom. The Hall–Kier alpha value is -6.01. The van der Waals surface area contributed by atoms with E-state index < -0.39 is 31.4 Å². The number of allylic oxidation sites excluding steroid dienone is 1. The van der Waals surface area contributed by atoms with Crippen LogP contribution in [-0.4, -0.2) is 110 Å². The average Bonchev–Trinajstić information content (AvgIpc) is 3.78. The van der Waals surface area contributed by atoms with E-state index in [4.69, 9.17) is 25.8 Å². The molecule has 0 atom stereocenters. The van der Waals surface area contributed by atoms with Crippen LogP contribution in [0.3, 0.4) is 0 Å². The Morgan fingerprint density at radius 3 is 2.46 bits per heavy atom. The van der Waals surface area contributed by atoms with E-state index >= 15 is 0 Å². The van der Waals surface area contributed by atoms with Crippen LogP contribution < -0.4 is 19.1 Å². The number of H-pyrrole nitrogens is 1. The zero-order valence-electron chi connectivity index (χ0n) is 38.7. The first-order valence-electron chi connectivity index (χ1n) is 23.7. The first-order valence-corrected chi connectivity index (χ1v) is 25.5. The second-order valence-electron chi connectivity index (χ2n) is 20.1. The van der Waals surface area contributed by atoms with Gasteiger partial charge in [0.25, 0.3) is 15.9 Å². The maximum Gasteiger partial charge on any atom is 0.312 e. The molecule has 0 radical (unpaired) electrons. The standard InChI is InChI=1S/C51H56ClN7O9S/c1-50(2)15-11-36(43(28-50)33-3-5-37(52)6-4-33)30-56-17-19-57(20-18-56)38-7-9-42(46(24-38)67-39-23-35-12-16-53-47(35)54-29-39)48(60)55-69(64,65)41-8-10-45(44(25-41)59(62)63)68-40-26-51(27-40)31-58(32-51)49(61)34-13-21-66-22-14-34/h3-10,12,16,23-25,29,34,40H,11,13-15,17-22,26-28,30-32H2,1-2H3,(H,53,54)(H,55,60). The molecule has 3 saturated heterocycles. The molecule has 69 heavy (non-hydrogen) atoms. The summed E-state index contributed by atoms with van der Waals surface area (Å²) >= 11 is 6.25. The summed E-state index contributed by atoms with van der Waals surface area (Å²) in [5.41, 5.74) is 5.06. The highest BCUT2D eigenvalue weighted by molar-refractivity contribution is 7.90. The Balaban J connectivity index is 0.821. The van der Waals surface area contributed by atoms with E-state index in [1.165, 1.54) is 41.1 Å². The molecule has 1 saturated carbocycles. The maximum absolute atomic E-state index is 14.0. The van der Waals surface area contributed by atoms with Gasteiger partial charge in [-0.1, -0.05) is 43.2 Å². The number of hydrogen-bond donors (Lipinski definition) is 2. The van der Waals surface area contributed by atoms with Crippen molar-refractivity contribution in [2.24, 2.45) is 16.7 Å². The number of halogens is 1. The van der Waals surface area contributed by atoms with Gasteiger partial charge in [0, 0.05) is 105 Å². The maximum atomic E-state index is 14.0. The van der Waals surface area contributed by atoms with Crippen LogP contribution >= 0.6 is 11.6 Å². The van der Waals surface area contributed by atoms with E-state index in [0.717, 1.165) is 73.9 Å². The zero-order chi connectivity index (χ0) is 48.1. The van der Waals surface area contributed by atoms with E-state index in [1.807, 2.05) is 23.1 Å². The molecule has 3 aromatic carbocycles. The quantitative estimate of drug-likeness (QED) is 0.0846. The number of nitrogens with one attached hydrogen (secondary N) is 2. The Bertz CT molecular complexity index is 2930. The van der Waals surface area contributed by atoms with E-state index in [9.17, 15) is 28.1 Å². The second-order valence-corrected chi connectivity index (χ2v) is 22.2. The number of ether oxygens (including phenoxy) is 3. The molecule has 2 aromatic heterocycles. The fourth-order valence-corrected chi connectivity index (χ4v) is 11.8. The third kappa shape index (κ3) is 10.0. The SMILES string of the molecule is CC1(C)CCC(CN2CCN(c3ccc(C(=O)NS(=O)(=O)c4ccc(OC5CC6(C5)CN(C(=O)C5CCOCC5)C6)c([N+](=O)[O-])c4)c(Oc4cnc5[nH]ccc5c4)c3)CC2)=C(c2ccc(Cl)cc2)C1. The Kier molecular flexibility index (Phi) is 12.7. The molecule has 2 amide bonds. The number of likely N-dealkylation sites (tertiary alicyclic amines) is 1. The van der Waals surface area contributed by atoms with Gasteiger partial charge in [0.05, 0.1) is 21.6 Å². The number of nitro benzene ring substituents is 1. The van der Waals surface area contributed by atoms with E-state index in [2.05, 4.69) is 50.5 Å². The van der Waals surface area contributed by atoms with Crippen molar-refractivity contribution in [2.45, 2.75) is 69.8 Å². The topological polar surface area (TPSA) is 190 Å². The minimum atomic E-state index is -4.63. The predicted molar refractivity (Wildman–Crippen MR) is 261 cm³/mol. The Labute approximate surface area is 406 Å². The number of sulfonamides is 1. The fraction of sp³-hybridized carbons (Fsp3) is 0.431. The number of hydrogen-bond acceptors (Lipinski definition) is 12. The first kappa shape index (κ1) is 46.7. The van der Waals surface area contributed by atoms with Crippen LogP contribution in [0.25, 0.3) is 16.6 Å². The molecule has 4 fully saturated rings. The second kappa shape index (κ2) is 18.7. The van der Waals surface area contributed by atoms with Gasteiger partial charge in [0.15, 0.2) is 5.75 Å². The smallest absolute Gasteiger partial charge is 0.312 e. The first-order chi connectivity index (χ1) is 33.1. The Morgan fingerprint density at radius 1 is 0.971 bits per heavy atom. The average molecular weight is 979 g/mol. The minimum absolute atomic E-state index is 0.0124. The molecular formula is C51H56ClN7O9S. The molecule has 2 aliphatic carbocycles. The molecule has 5 aromatic rings. The van der Waals surface area contributed by atoms with Crippen molar-refractivity contribution < 1.29 is 37.1 Å². The summed E-state index contributed by atoms with van der Waals surface area (Å²) < 4.78 is 47.6. The van der Waals surface area contributed by atoms with E-state index in [1.54, 1.807) is 24.4 Å². The number of aromatic nitrogens is 2. The predicted octanol–water partition coefficient (Wildman–Crippen LogP) is 8.62. The van der Waals surface area contributed by atoms with Crippen molar-refractivity contribution >= 4 is 61.4 Å². The summed E-state index contributed by atoms with van der Waals surface area (Å²) in [5.74, 6) is -0.465. The highest BCUT2D eigenvalue weighted by Gasteiger charge is 2.55. The van der Waals surface area contributed by atoms with Crippen molar-refractivity contribution in [3.63, 3.8) is 0 Å². The largest absolute Gasteiger partial charge is 0.483 e. The number of benzene rings is 3. The molecule has 1 spiro atoms. The number of rotatable bonds is 13. The molecule has 0 bridgehead atoms. The summed E-state index contributed by atoms with van der Waals surface area (Å²) in [6, 6.07) is 20.1. The third-order valence-electron chi connectivity index (χ3n) is 14.6. The van der Waals surface area contributed by atoms with Crippen LogP contribution in [0.15, 0.2) is 95.7 Å². The van der Waals surface area contributed by atoms with Crippen molar-refractivity contribution in [1.29, 1.82) is 0 Å². The summed E-state index contributed by atoms with van der Waals surface area (Å²) in [6.45, 7) is 11.0. The summed E-state index contributed by atoms with van der Waals surface area (Å²) in [4.78, 5) is 52.2. The fourth-order valence-electron chi connectivity index (χ4n) is 10.7. The lowest BCUT2D eigenvalue weighted by Gasteiger charge is -2.59. The molecule has 3 aliphatic heterocycles. The highest BCUT2D eigenvalue weighted by Crippen LogP contribution is 2.51. The molecule has 0 unspecified atom stereocenters. The zero-order valence-corrected chi connectivity index (χ0v) is 40.3. The van der Waals surface area contributed by atoms with Crippen LogP contribution in [0.1, 0.15) is 74.7 Å². The molecule has 5 heterocycles. The van der Waals surface area contributed by atoms with Crippen molar-refractivity contribution in [3.05, 3.63) is 117 Å². The third-order valence-corrected chi connectivity index (χ3v) is 16.1. The molecular weight excluding hydrogens is 922 g/mol. The van der Waals surface area contributed by atoms with Crippen molar-refractivity contribution in [2.75, 3.05) is 63.9 Å². The number of anilines is 1. The van der Waals surface area contributed by atoms with Gasteiger partial charge in [0.2, 0.25) is 5.91 Å². The van der Waals surface area contributed by atoms with Gasteiger partial charge in [-0.25, -0.2) is 18.1 Å². The van der Waals surface area contributed by atoms with Gasteiger partial charge in [-0.15, -0.1) is 0 Å². The van der Waals surface area contributed by atoms with Crippen LogP contribution in [-0.2, 0) is 19.6 Å².